The highest BCUT2D eigenvalue weighted by molar-refractivity contribution is 7.11. The highest BCUT2D eigenvalue weighted by atomic mass is 32.1. The first-order chi connectivity index (χ1) is 6.34. The molecule has 0 saturated carbocycles. The van der Waals surface area contributed by atoms with Crippen LogP contribution in [0.3, 0.4) is 0 Å². The fourth-order valence-electron chi connectivity index (χ4n) is 0.620. The van der Waals surface area contributed by atoms with Crippen molar-refractivity contribution in [2.75, 3.05) is 20.3 Å². The molecule has 0 aromatic carbocycles. The Bertz CT molecular complexity index is 250. The first-order valence-electron chi connectivity index (χ1n) is 3.64. The van der Waals surface area contributed by atoms with E-state index in [1.54, 1.807) is 12.6 Å². The molecule has 0 fully saturated rings. The number of hydrogen-bond donors (Lipinski definition) is 1. The summed E-state index contributed by atoms with van der Waals surface area (Å²) < 4.78 is 4.73. The molecule has 1 heterocycles. The Labute approximate surface area is 79.6 Å². The summed E-state index contributed by atoms with van der Waals surface area (Å²) >= 11 is 1.26. The van der Waals surface area contributed by atoms with Gasteiger partial charge in [-0.2, -0.15) is 0 Å². The third-order valence-electron chi connectivity index (χ3n) is 1.21. The summed E-state index contributed by atoms with van der Waals surface area (Å²) in [6, 6.07) is 0. The average molecular weight is 202 g/mol. The van der Waals surface area contributed by atoms with Crippen molar-refractivity contribution in [1.82, 2.24) is 10.5 Å². The summed E-state index contributed by atoms with van der Waals surface area (Å²) in [7, 11) is 1.56. The number of rotatable bonds is 5. The lowest BCUT2D eigenvalue weighted by molar-refractivity contribution is 0.00913. The maximum absolute atomic E-state index is 11.2. The summed E-state index contributed by atoms with van der Waals surface area (Å²) in [6.07, 6.45) is 1.49. The maximum atomic E-state index is 11.2. The molecule has 1 aromatic rings. The number of methoxy groups -OCH3 is 1. The number of hydroxylamine groups is 1. The second kappa shape index (κ2) is 5.63. The summed E-state index contributed by atoms with van der Waals surface area (Å²) in [4.78, 5) is 20.3. The first-order valence-corrected chi connectivity index (χ1v) is 4.52. The Morgan fingerprint density at radius 3 is 3.15 bits per heavy atom. The van der Waals surface area contributed by atoms with Crippen molar-refractivity contribution in [1.29, 1.82) is 0 Å². The monoisotopic (exact) mass is 202 g/mol. The van der Waals surface area contributed by atoms with Gasteiger partial charge in [-0.1, -0.05) is 0 Å². The van der Waals surface area contributed by atoms with E-state index in [1.807, 2.05) is 0 Å². The zero-order chi connectivity index (χ0) is 9.52. The van der Waals surface area contributed by atoms with Crippen molar-refractivity contribution in [3.63, 3.8) is 0 Å². The Balaban J connectivity index is 2.19. The van der Waals surface area contributed by atoms with Crippen molar-refractivity contribution in [3.05, 3.63) is 16.6 Å². The van der Waals surface area contributed by atoms with Crippen LogP contribution in [0.4, 0.5) is 0 Å². The largest absolute Gasteiger partial charge is 0.382 e. The zero-order valence-electron chi connectivity index (χ0n) is 7.15. The lowest BCUT2D eigenvalue weighted by atomic mass is 10.5. The van der Waals surface area contributed by atoms with E-state index in [9.17, 15) is 4.79 Å². The molecule has 0 unspecified atom stereocenters. The Hall–Kier alpha value is -0.980. The van der Waals surface area contributed by atoms with E-state index in [2.05, 4.69) is 10.5 Å². The van der Waals surface area contributed by atoms with Gasteiger partial charge in [-0.15, -0.1) is 11.3 Å². The van der Waals surface area contributed by atoms with Crippen LogP contribution in [0, 0.1) is 0 Å². The molecule has 13 heavy (non-hydrogen) atoms. The maximum Gasteiger partial charge on any atom is 0.286 e. The van der Waals surface area contributed by atoms with Gasteiger partial charge in [-0.05, 0) is 0 Å². The number of carbonyl (C=O) groups is 1. The number of carbonyl (C=O) groups excluding carboxylic acids is 1. The van der Waals surface area contributed by atoms with Crippen molar-refractivity contribution >= 4 is 17.2 Å². The van der Waals surface area contributed by atoms with Gasteiger partial charge in [0, 0.05) is 7.11 Å². The first kappa shape index (κ1) is 10.1. The predicted molar refractivity (Wildman–Crippen MR) is 47.4 cm³/mol. The van der Waals surface area contributed by atoms with Crippen LogP contribution in [0.2, 0.25) is 0 Å². The second-order valence-corrected chi connectivity index (χ2v) is 3.02. The molecule has 6 heteroatoms. The van der Waals surface area contributed by atoms with Crippen molar-refractivity contribution in [2.24, 2.45) is 0 Å². The Morgan fingerprint density at radius 2 is 2.54 bits per heavy atom. The Kier molecular flexibility index (Phi) is 4.37. The van der Waals surface area contributed by atoms with Crippen LogP contribution in [-0.2, 0) is 9.57 Å². The zero-order valence-corrected chi connectivity index (χ0v) is 7.97. The minimum atomic E-state index is -0.279. The number of aromatic nitrogens is 1. The molecule has 0 atom stereocenters. The van der Waals surface area contributed by atoms with E-state index in [0.717, 1.165) is 0 Å². The smallest absolute Gasteiger partial charge is 0.286 e. The molecule has 0 aliphatic rings. The third-order valence-corrected chi connectivity index (χ3v) is 1.98. The summed E-state index contributed by atoms with van der Waals surface area (Å²) in [6.45, 7) is 0.782. The predicted octanol–water partition coefficient (Wildman–Crippen LogP) is 0.451. The van der Waals surface area contributed by atoms with Crippen LogP contribution >= 0.6 is 11.3 Å². The van der Waals surface area contributed by atoms with Crippen LogP contribution in [0.15, 0.2) is 11.7 Å². The molecule has 1 aromatic heterocycles. The van der Waals surface area contributed by atoms with E-state index in [-0.39, 0.29) is 5.91 Å². The van der Waals surface area contributed by atoms with E-state index < -0.39 is 0 Å². The number of thiazole rings is 1. The van der Waals surface area contributed by atoms with Crippen molar-refractivity contribution < 1.29 is 14.4 Å². The Morgan fingerprint density at radius 1 is 1.69 bits per heavy atom. The quantitative estimate of drug-likeness (QED) is 0.556. The number of nitrogens with one attached hydrogen (secondary N) is 1. The van der Waals surface area contributed by atoms with Crippen LogP contribution in [0.5, 0.6) is 0 Å². The molecule has 72 valence electrons. The van der Waals surface area contributed by atoms with Crippen LogP contribution < -0.4 is 5.48 Å². The van der Waals surface area contributed by atoms with Crippen LogP contribution in [0.1, 0.15) is 9.67 Å². The topological polar surface area (TPSA) is 60.5 Å². The van der Waals surface area contributed by atoms with Gasteiger partial charge in [0.15, 0.2) is 0 Å². The summed E-state index contributed by atoms with van der Waals surface area (Å²) in [5.41, 5.74) is 3.86. The van der Waals surface area contributed by atoms with E-state index in [4.69, 9.17) is 9.57 Å². The SMILES string of the molecule is COCCONC(=O)c1cncs1. The second-order valence-electron chi connectivity index (χ2n) is 2.14. The van der Waals surface area contributed by atoms with E-state index in [0.29, 0.717) is 18.1 Å². The van der Waals surface area contributed by atoms with Gasteiger partial charge in [-0.3, -0.25) is 14.6 Å². The normalized spacial score (nSPS) is 9.92. The summed E-state index contributed by atoms with van der Waals surface area (Å²) in [5.74, 6) is -0.279. The molecule has 5 nitrogen and oxygen atoms in total. The van der Waals surface area contributed by atoms with Gasteiger partial charge < -0.3 is 4.74 Å². The molecule has 0 spiro atoms. The fourth-order valence-corrected chi connectivity index (χ4v) is 1.13. The average Bonchev–Trinajstić information content (AvgIpc) is 2.65. The minimum Gasteiger partial charge on any atom is -0.382 e. The standard InChI is InChI=1S/C7H10N2O3S/c1-11-2-3-12-9-7(10)6-4-8-5-13-6/h4-5H,2-3H2,1H3,(H,9,10). The lowest BCUT2D eigenvalue weighted by Gasteiger charge is -2.02. The van der Waals surface area contributed by atoms with Gasteiger partial charge in [0.2, 0.25) is 0 Å². The molecule has 0 radical (unpaired) electrons. The van der Waals surface area contributed by atoms with Gasteiger partial charge in [0.1, 0.15) is 4.88 Å². The fraction of sp³-hybridized carbons (Fsp3) is 0.429. The molecular weight excluding hydrogens is 192 g/mol. The van der Waals surface area contributed by atoms with Gasteiger partial charge >= 0.3 is 0 Å². The van der Waals surface area contributed by atoms with E-state index >= 15 is 0 Å². The number of amides is 1. The van der Waals surface area contributed by atoms with Crippen LogP contribution in [0.25, 0.3) is 0 Å². The minimum absolute atomic E-state index is 0.279. The van der Waals surface area contributed by atoms with Gasteiger partial charge in [0.05, 0.1) is 24.9 Å². The van der Waals surface area contributed by atoms with Gasteiger partial charge in [-0.25, -0.2) is 5.48 Å². The molecule has 0 saturated heterocycles. The molecule has 1 amide bonds. The molecule has 0 aliphatic heterocycles. The van der Waals surface area contributed by atoms with Crippen molar-refractivity contribution in [2.45, 2.75) is 0 Å². The molecule has 1 N–H and O–H groups in total. The van der Waals surface area contributed by atoms with Gasteiger partial charge in [0.25, 0.3) is 5.91 Å². The van der Waals surface area contributed by atoms with Crippen LogP contribution in [-0.4, -0.2) is 31.2 Å². The highest BCUT2D eigenvalue weighted by Gasteiger charge is 2.05. The molecule has 0 aliphatic carbocycles. The van der Waals surface area contributed by atoms with Crippen molar-refractivity contribution in [3.8, 4) is 0 Å². The highest BCUT2D eigenvalue weighted by Crippen LogP contribution is 2.04. The van der Waals surface area contributed by atoms with E-state index in [1.165, 1.54) is 17.5 Å². The summed E-state index contributed by atoms with van der Waals surface area (Å²) in [5, 5.41) is 0. The third kappa shape index (κ3) is 3.49. The lowest BCUT2D eigenvalue weighted by Crippen LogP contribution is -2.24. The molecule has 1 rings (SSSR count). The number of ether oxygens (including phenoxy) is 1. The molecule has 0 bridgehead atoms. The molecular formula is C7H10N2O3S. The number of nitrogens with zero attached hydrogens (tertiary/aromatic N) is 1. The number of hydrogen-bond acceptors (Lipinski definition) is 5.